The maximum absolute atomic E-state index is 5.99. The average Bonchev–Trinajstić information content (AvgIpc) is 2.69. The highest BCUT2D eigenvalue weighted by Gasteiger charge is 2.41. The van der Waals surface area contributed by atoms with E-state index >= 15 is 0 Å². The Kier molecular flexibility index (Phi) is 2.82. The van der Waals surface area contributed by atoms with Gasteiger partial charge in [0.05, 0.1) is 0 Å². The van der Waals surface area contributed by atoms with Gasteiger partial charge in [0.15, 0.2) is 0 Å². The van der Waals surface area contributed by atoms with Crippen LogP contribution < -0.4 is 5.32 Å². The Labute approximate surface area is 74.5 Å². The molecule has 1 N–H and O–H groups in total. The maximum Gasteiger partial charge on any atom is 0.0334 e. The molecule has 2 unspecified atom stereocenters. The molecule has 0 saturated carbocycles. The third-order valence-electron chi connectivity index (χ3n) is 2.85. The van der Waals surface area contributed by atoms with Crippen molar-refractivity contribution in [1.29, 1.82) is 0 Å². The zero-order valence-electron chi connectivity index (χ0n) is 7.65. The molecule has 1 nitrogen and oxygen atoms in total. The standard InChI is InChI=1S/C9H18ClN/c1-4-9(6-11-9)5-7(2)8(3)10/h7-8,11H,4-6H2,1-3H3/t7-,8?,9?/m0/s1. The fourth-order valence-electron chi connectivity index (χ4n) is 1.44. The van der Waals surface area contributed by atoms with E-state index in [-0.39, 0.29) is 0 Å². The molecule has 1 heterocycles. The van der Waals surface area contributed by atoms with Crippen molar-refractivity contribution in [3.8, 4) is 0 Å². The predicted octanol–water partition coefficient (Wildman–Crippen LogP) is 2.39. The van der Waals surface area contributed by atoms with Crippen molar-refractivity contribution in [2.24, 2.45) is 5.92 Å². The lowest BCUT2D eigenvalue weighted by Crippen LogP contribution is -2.21. The first-order chi connectivity index (χ1) is 5.09. The molecule has 2 heteroatoms. The van der Waals surface area contributed by atoms with Crippen molar-refractivity contribution in [3.05, 3.63) is 0 Å². The maximum atomic E-state index is 5.99. The lowest BCUT2D eigenvalue weighted by atomic mass is 9.92. The van der Waals surface area contributed by atoms with Crippen LogP contribution in [0.1, 0.15) is 33.6 Å². The number of hydrogen-bond acceptors (Lipinski definition) is 1. The average molecular weight is 176 g/mol. The SMILES string of the molecule is CCC1(C[C@H](C)C(C)Cl)CN1. The van der Waals surface area contributed by atoms with Gasteiger partial charge in [-0.3, -0.25) is 0 Å². The van der Waals surface area contributed by atoms with E-state index in [0.717, 1.165) is 0 Å². The van der Waals surface area contributed by atoms with Gasteiger partial charge in [0.1, 0.15) is 0 Å². The molecule has 11 heavy (non-hydrogen) atoms. The van der Waals surface area contributed by atoms with Crippen molar-refractivity contribution in [3.63, 3.8) is 0 Å². The first kappa shape index (κ1) is 9.34. The molecule has 0 aromatic carbocycles. The van der Waals surface area contributed by atoms with E-state index in [1.54, 1.807) is 0 Å². The van der Waals surface area contributed by atoms with Gasteiger partial charge in [0.25, 0.3) is 0 Å². The van der Waals surface area contributed by atoms with Gasteiger partial charge in [-0.25, -0.2) is 0 Å². The second-order valence-corrected chi connectivity index (χ2v) is 4.53. The highest BCUT2D eigenvalue weighted by molar-refractivity contribution is 6.20. The molecular weight excluding hydrogens is 158 g/mol. The molecule has 1 saturated heterocycles. The summed E-state index contributed by atoms with van der Waals surface area (Å²) in [6.07, 6.45) is 2.47. The third-order valence-corrected chi connectivity index (χ3v) is 3.28. The van der Waals surface area contributed by atoms with Crippen LogP contribution in [0.2, 0.25) is 0 Å². The van der Waals surface area contributed by atoms with E-state index in [9.17, 15) is 0 Å². The monoisotopic (exact) mass is 175 g/mol. The van der Waals surface area contributed by atoms with Crippen LogP contribution in [-0.4, -0.2) is 17.5 Å². The Morgan fingerprint density at radius 2 is 2.09 bits per heavy atom. The lowest BCUT2D eigenvalue weighted by molar-refractivity contribution is 0.424. The number of nitrogens with one attached hydrogen (secondary N) is 1. The van der Waals surface area contributed by atoms with Crippen molar-refractivity contribution in [2.75, 3.05) is 6.54 Å². The summed E-state index contributed by atoms with van der Waals surface area (Å²) >= 11 is 5.99. The van der Waals surface area contributed by atoms with Crippen LogP contribution >= 0.6 is 11.6 Å². The van der Waals surface area contributed by atoms with Crippen LogP contribution in [0.4, 0.5) is 0 Å². The fourth-order valence-corrected chi connectivity index (χ4v) is 1.53. The number of halogens is 1. The van der Waals surface area contributed by atoms with Gasteiger partial charge in [-0.1, -0.05) is 13.8 Å². The van der Waals surface area contributed by atoms with Gasteiger partial charge in [0, 0.05) is 17.5 Å². The van der Waals surface area contributed by atoms with Crippen molar-refractivity contribution in [1.82, 2.24) is 5.32 Å². The van der Waals surface area contributed by atoms with Crippen LogP contribution in [0.25, 0.3) is 0 Å². The Morgan fingerprint density at radius 1 is 1.55 bits per heavy atom. The highest BCUT2D eigenvalue weighted by Crippen LogP contribution is 2.31. The summed E-state index contributed by atoms with van der Waals surface area (Å²) in [5, 5.41) is 3.73. The van der Waals surface area contributed by atoms with Crippen LogP contribution in [0.15, 0.2) is 0 Å². The minimum atomic E-state index is 0.306. The largest absolute Gasteiger partial charge is 0.308 e. The van der Waals surface area contributed by atoms with Crippen LogP contribution in [-0.2, 0) is 0 Å². The van der Waals surface area contributed by atoms with Crippen molar-refractivity contribution >= 4 is 11.6 Å². The number of rotatable bonds is 4. The highest BCUT2D eigenvalue weighted by atomic mass is 35.5. The minimum Gasteiger partial charge on any atom is -0.308 e. The normalized spacial score (nSPS) is 34.9. The van der Waals surface area contributed by atoms with Crippen molar-refractivity contribution in [2.45, 2.75) is 44.5 Å². The first-order valence-electron chi connectivity index (χ1n) is 4.49. The van der Waals surface area contributed by atoms with Crippen molar-refractivity contribution < 1.29 is 0 Å². The number of hydrogen-bond donors (Lipinski definition) is 1. The third kappa shape index (κ3) is 2.34. The zero-order chi connectivity index (χ0) is 8.48. The first-order valence-corrected chi connectivity index (χ1v) is 4.92. The van der Waals surface area contributed by atoms with Gasteiger partial charge in [-0.2, -0.15) is 0 Å². The summed E-state index contributed by atoms with van der Waals surface area (Å²) in [6, 6.07) is 0. The molecule has 1 aliphatic rings. The molecule has 0 radical (unpaired) electrons. The molecule has 1 fully saturated rings. The second-order valence-electron chi connectivity index (χ2n) is 3.85. The Bertz CT molecular complexity index is 130. The van der Waals surface area contributed by atoms with E-state index in [1.807, 2.05) is 0 Å². The second kappa shape index (κ2) is 3.32. The summed E-state index contributed by atoms with van der Waals surface area (Å²) in [5.74, 6) is 0.631. The molecule has 0 aromatic heterocycles. The molecule has 3 atom stereocenters. The van der Waals surface area contributed by atoms with E-state index < -0.39 is 0 Å². The summed E-state index contributed by atoms with van der Waals surface area (Å²) in [5.41, 5.74) is 0.461. The molecule has 0 aromatic rings. The topological polar surface area (TPSA) is 21.9 Å². The molecule has 0 spiro atoms. The van der Waals surface area contributed by atoms with Crippen LogP contribution in [0, 0.1) is 5.92 Å². The molecular formula is C9H18ClN. The van der Waals surface area contributed by atoms with Gasteiger partial charge in [-0.15, -0.1) is 11.6 Å². The molecule has 1 aliphatic heterocycles. The summed E-state index contributed by atoms with van der Waals surface area (Å²) in [4.78, 5) is 0. The fraction of sp³-hybridized carbons (Fsp3) is 1.00. The van der Waals surface area contributed by atoms with Gasteiger partial charge >= 0.3 is 0 Å². The molecule has 1 rings (SSSR count). The Balaban J connectivity index is 2.30. The molecule has 0 bridgehead atoms. The van der Waals surface area contributed by atoms with Crippen LogP contribution in [0.3, 0.4) is 0 Å². The minimum absolute atomic E-state index is 0.306. The number of alkyl halides is 1. The van der Waals surface area contributed by atoms with E-state index in [4.69, 9.17) is 11.6 Å². The quantitative estimate of drug-likeness (QED) is 0.515. The van der Waals surface area contributed by atoms with E-state index in [1.165, 1.54) is 19.4 Å². The van der Waals surface area contributed by atoms with Gasteiger partial charge in [0.2, 0.25) is 0 Å². The lowest BCUT2D eigenvalue weighted by Gasteiger charge is -2.18. The van der Waals surface area contributed by atoms with E-state index in [0.29, 0.717) is 16.8 Å². The zero-order valence-corrected chi connectivity index (χ0v) is 8.41. The molecule has 0 amide bonds. The van der Waals surface area contributed by atoms with E-state index in [2.05, 4.69) is 26.1 Å². The van der Waals surface area contributed by atoms with Crippen LogP contribution in [0.5, 0.6) is 0 Å². The Morgan fingerprint density at radius 3 is 2.36 bits per heavy atom. The smallest absolute Gasteiger partial charge is 0.0334 e. The van der Waals surface area contributed by atoms with Gasteiger partial charge in [-0.05, 0) is 25.7 Å². The molecule has 0 aliphatic carbocycles. The summed E-state index contributed by atoms with van der Waals surface area (Å²) in [6.45, 7) is 7.75. The summed E-state index contributed by atoms with van der Waals surface area (Å²) in [7, 11) is 0. The summed E-state index contributed by atoms with van der Waals surface area (Å²) < 4.78 is 0. The predicted molar refractivity (Wildman–Crippen MR) is 50.1 cm³/mol. The molecule has 66 valence electrons. The Hall–Kier alpha value is 0.250. The van der Waals surface area contributed by atoms with Gasteiger partial charge < -0.3 is 5.32 Å².